The average molecular weight is 175 g/mol. The van der Waals surface area contributed by atoms with Gasteiger partial charge >= 0.3 is 0 Å². The normalized spacial score (nSPS) is 19.8. The van der Waals surface area contributed by atoms with E-state index in [1.165, 1.54) is 0 Å². The molecule has 0 fully saturated rings. The summed E-state index contributed by atoms with van der Waals surface area (Å²) < 4.78 is 0. The molecule has 68 valence electrons. The number of hydrogen-bond donors (Lipinski definition) is 1. The summed E-state index contributed by atoms with van der Waals surface area (Å²) in [5.41, 5.74) is 2.01. The van der Waals surface area contributed by atoms with Crippen LogP contribution in [0.3, 0.4) is 0 Å². The number of fused-ring (bicyclic) bond motifs is 1. The minimum absolute atomic E-state index is 0.0778. The predicted molar refractivity (Wildman–Crippen MR) is 51.6 cm³/mol. The third-order valence-electron chi connectivity index (χ3n) is 2.46. The Morgan fingerprint density at radius 3 is 2.92 bits per heavy atom. The minimum atomic E-state index is 0.0778. The van der Waals surface area contributed by atoms with E-state index in [9.17, 15) is 4.79 Å². The molecule has 1 amide bonds. The maximum Gasteiger partial charge on any atom is 0.252 e. The van der Waals surface area contributed by atoms with Crippen molar-refractivity contribution in [2.45, 2.75) is 25.8 Å². The van der Waals surface area contributed by atoms with Gasteiger partial charge in [0, 0.05) is 5.56 Å². The fourth-order valence-corrected chi connectivity index (χ4v) is 1.84. The van der Waals surface area contributed by atoms with Crippen LogP contribution in [0.5, 0.6) is 0 Å². The van der Waals surface area contributed by atoms with Crippen LogP contribution in [0.1, 0.15) is 41.7 Å². The van der Waals surface area contributed by atoms with Crippen molar-refractivity contribution in [3.8, 4) is 0 Å². The maximum absolute atomic E-state index is 11.4. The second-order valence-electron chi connectivity index (χ2n) is 3.40. The van der Waals surface area contributed by atoms with Gasteiger partial charge < -0.3 is 5.32 Å². The lowest BCUT2D eigenvalue weighted by Gasteiger charge is -2.08. The van der Waals surface area contributed by atoms with E-state index in [0.717, 1.165) is 24.0 Å². The summed E-state index contributed by atoms with van der Waals surface area (Å²) in [5, 5.41) is 2.98. The number of amides is 1. The minimum Gasteiger partial charge on any atom is -0.345 e. The van der Waals surface area contributed by atoms with Crippen LogP contribution in [0.15, 0.2) is 24.3 Å². The molecular weight excluding hydrogens is 162 g/mol. The van der Waals surface area contributed by atoms with E-state index in [4.69, 9.17) is 0 Å². The molecule has 1 N–H and O–H groups in total. The van der Waals surface area contributed by atoms with Crippen LogP contribution in [-0.2, 0) is 0 Å². The van der Waals surface area contributed by atoms with Gasteiger partial charge in [0.25, 0.3) is 5.91 Å². The molecule has 0 bridgehead atoms. The number of nitrogens with one attached hydrogen (secondary N) is 1. The standard InChI is InChI=1S/C11H13NO/c1-2-5-10-8-6-3-4-7-9(8)11(13)12-10/h3-4,6-7,10H,2,5H2,1H3,(H,12,13)/t10-/m0/s1. The molecule has 2 rings (SSSR count). The summed E-state index contributed by atoms with van der Waals surface area (Å²) in [6.45, 7) is 2.13. The first kappa shape index (κ1) is 8.30. The Bertz CT molecular complexity index is 333. The molecule has 0 saturated heterocycles. The molecule has 1 heterocycles. The van der Waals surface area contributed by atoms with Crippen molar-refractivity contribution in [2.24, 2.45) is 0 Å². The number of carbonyl (C=O) groups excluding carboxylic acids is 1. The first-order valence-electron chi connectivity index (χ1n) is 4.72. The first-order valence-corrected chi connectivity index (χ1v) is 4.72. The van der Waals surface area contributed by atoms with E-state index >= 15 is 0 Å². The molecule has 2 nitrogen and oxygen atoms in total. The van der Waals surface area contributed by atoms with Gasteiger partial charge in [0.05, 0.1) is 6.04 Å². The van der Waals surface area contributed by atoms with Crippen LogP contribution in [0.4, 0.5) is 0 Å². The van der Waals surface area contributed by atoms with Crippen LogP contribution >= 0.6 is 0 Å². The van der Waals surface area contributed by atoms with Crippen LogP contribution in [0.2, 0.25) is 0 Å². The second kappa shape index (κ2) is 3.21. The fraction of sp³-hybridized carbons (Fsp3) is 0.364. The molecule has 1 aliphatic rings. The van der Waals surface area contributed by atoms with Crippen LogP contribution in [0, 0.1) is 0 Å². The molecule has 1 aromatic carbocycles. The molecule has 1 aliphatic heterocycles. The summed E-state index contributed by atoms with van der Waals surface area (Å²) in [5.74, 6) is 0.0778. The Morgan fingerprint density at radius 1 is 1.38 bits per heavy atom. The summed E-state index contributed by atoms with van der Waals surface area (Å²) in [7, 11) is 0. The summed E-state index contributed by atoms with van der Waals surface area (Å²) in [4.78, 5) is 11.4. The molecule has 0 aromatic heterocycles. The molecule has 2 heteroatoms. The third-order valence-corrected chi connectivity index (χ3v) is 2.46. The maximum atomic E-state index is 11.4. The van der Waals surface area contributed by atoms with E-state index in [1.54, 1.807) is 0 Å². The predicted octanol–water partition coefficient (Wildman–Crippen LogP) is 2.27. The van der Waals surface area contributed by atoms with Gasteiger partial charge in [-0.2, -0.15) is 0 Å². The molecule has 0 aliphatic carbocycles. The molecule has 1 atom stereocenters. The second-order valence-corrected chi connectivity index (χ2v) is 3.40. The topological polar surface area (TPSA) is 29.1 Å². The zero-order valence-corrected chi connectivity index (χ0v) is 7.71. The Balaban J connectivity index is 2.36. The van der Waals surface area contributed by atoms with Gasteiger partial charge in [-0.15, -0.1) is 0 Å². The quantitative estimate of drug-likeness (QED) is 0.734. The number of carbonyl (C=O) groups is 1. The first-order chi connectivity index (χ1) is 6.33. The number of benzene rings is 1. The van der Waals surface area contributed by atoms with Crippen LogP contribution < -0.4 is 5.32 Å². The van der Waals surface area contributed by atoms with Crippen molar-refractivity contribution in [3.05, 3.63) is 35.4 Å². The molecule has 0 saturated carbocycles. The number of hydrogen-bond acceptors (Lipinski definition) is 1. The van der Waals surface area contributed by atoms with Gasteiger partial charge in [0.1, 0.15) is 0 Å². The Labute approximate surface area is 78.0 Å². The monoisotopic (exact) mass is 175 g/mol. The van der Waals surface area contributed by atoms with Gasteiger partial charge in [0.2, 0.25) is 0 Å². The van der Waals surface area contributed by atoms with Gasteiger partial charge in [0.15, 0.2) is 0 Å². The highest BCUT2D eigenvalue weighted by Gasteiger charge is 2.26. The SMILES string of the molecule is CCC[C@@H]1NC(=O)c2ccccc21. The Kier molecular flexibility index (Phi) is 2.05. The molecular formula is C11H13NO. The van der Waals surface area contributed by atoms with Crippen molar-refractivity contribution >= 4 is 5.91 Å². The summed E-state index contributed by atoms with van der Waals surface area (Å²) in [6, 6.07) is 8.07. The summed E-state index contributed by atoms with van der Waals surface area (Å²) in [6.07, 6.45) is 2.13. The van der Waals surface area contributed by atoms with Crippen LogP contribution in [-0.4, -0.2) is 5.91 Å². The van der Waals surface area contributed by atoms with E-state index in [1.807, 2.05) is 24.3 Å². The zero-order valence-electron chi connectivity index (χ0n) is 7.71. The van der Waals surface area contributed by atoms with Crippen molar-refractivity contribution < 1.29 is 4.79 Å². The van der Waals surface area contributed by atoms with Crippen molar-refractivity contribution in [1.82, 2.24) is 5.32 Å². The highest BCUT2D eigenvalue weighted by Crippen LogP contribution is 2.27. The van der Waals surface area contributed by atoms with E-state index in [-0.39, 0.29) is 11.9 Å². The van der Waals surface area contributed by atoms with E-state index in [2.05, 4.69) is 12.2 Å². The summed E-state index contributed by atoms with van der Waals surface area (Å²) >= 11 is 0. The highest BCUT2D eigenvalue weighted by atomic mass is 16.2. The molecule has 13 heavy (non-hydrogen) atoms. The Morgan fingerprint density at radius 2 is 2.15 bits per heavy atom. The largest absolute Gasteiger partial charge is 0.345 e. The van der Waals surface area contributed by atoms with E-state index in [0.29, 0.717) is 0 Å². The molecule has 0 unspecified atom stereocenters. The van der Waals surface area contributed by atoms with Crippen molar-refractivity contribution in [2.75, 3.05) is 0 Å². The van der Waals surface area contributed by atoms with Gasteiger partial charge in [-0.3, -0.25) is 4.79 Å². The molecule has 0 radical (unpaired) electrons. The lowest BCUT2D eigenvalue weighted by atomic mass is 10.0. The fourth-order valence-electron chi connectivity index (χ4n) is 1.84. The van der Waals surface area contributed by atoms with Crippen molar-refractivity contribution in [3.63, 3.8) is 0 Å². The van der Waals surface area contributed by atoms with Gasteiger partial charge in [-0.1, -0.05) is 31.5 Å². The van der Waals surface area contributed by atoms with Crippen LogP contribution in [0.25, 0.3) is 0 Å². The van der Waals surface area contributed by atoms with Gasteiger partial charge in [-0.05, 0) is 18.1 Å². The lowest BCUT2D eigenvalue weighted by Crippen LogP contribution is -2.18. The third kappa shape index (κ3) is 1.32. The smallest absolute Gasteiger partial charge is 0.252 e. The number of rotatable bonds is 2. The average Bonchev–Trinajstić information content (AvgIpc) is 2.46. The molecule has 0 spiro atoms. The van der Waals surface area contributed by atoms with Crippen molar-refractivity contribution in [1.29, 1.82) is 0 Å². The Hall–Kier alpha value is -1.31. The molecule has 1 aromatic rings. The van der Waals surface area contributed by atoms with Gasteiger partial charge in [-0.25, -0.2) is 0 Å². The zero-order chi connectivity index (χ0) is 9.26. The van der Waals surface area contributed by atoms with E-state index < -0.39 is 0 Å². The highest BCUT2D eigenvalue weighted by molar-refractivity contribution is 5.99. The lowest BCUT2D eigenvalue weighted by molar-refractivity contribution is 0.0955.